The van der Waals surface area contributed by atoms with Crippen LogP contribution < -0.4 is 21.7 Å². The van der Waals surface area contributed by atoms with E-state index in [4.69, 9.17) is 11.5 Å². The number of anilines is 2. The molecule has 1 aliphatic heterocycles. The maximum absolute atomic E-state index is 12.2. The van der Waals surface area contributed by atoms with Crippen molar-refractivity contribution in [3.63, 3.8) is 0 Å². The van der Waals surface area contributed by atoms with Crippen molar-refractivity contribution in [2.45, 2.75) is 38.3 Å². The molecule has 0 aromatic carbocycles. The SMILES string of the molecule is CC1CC(NC(=O)c2sc(N3CCC(N)C3)nc2N)C1. The van der Waals surface area contributed by atoms with Crippen LogP contribution in [0, 0.1) is 5.92 Å². The van der Waals surface area contributed by atoms with Gasteiger partial charge in [0.2, 0.25) is 0 Å². The molecule has 2 heterocycles. The lowest BCUT2D eigenvalue weighted by atomic mass is 9.82. The van der Waals surface area contributed by atoms with E-state index in [2.05, 4.69) is 22.1 Å². The van der Waals surface area contributed by atoms with Crippen LogP contribution in [0.3, 0.4) is 0 Å². The molecular formula is C13H21N5OS. The van der Waals surface area contributed by atoms with Gasteiger partial charge in [0.25, 0.3) is 5.91 Å². The first-order valence-electron chi connectivity index (χ1n) is 7.10. The highest BCUT2D eigenvalue weighted by atomic mass is 32.1. The Labute approximate surface area is 122 Å². The molecule has 1 aromatic rings. The Morgan fingerprint density at radius 2 is 2.25 bits per heavy atom. The molecule has 110 valence electrons. The highest BCUT2D eigenvalue weighted by molar-refractivity contribution is 7.18. The Balaban J connectivity index is 1.67. The molecule has 1 aliphatic carbocycles. The van der Waals surface area contributed by atoms with Crippen molar-refractivity contribution >= 4 is 28.2 Å². The summed E-state index contributed by atoms with van der Waals surface area (Å²) in [5.74, 6) is 0.947. The Morgan fingerprint density at radius 1 is 1.50 bits per heavy atom. The second kappa shape index (κ2) is 5.21. The zero-order chi connectivity index (χ0) is 14.3. The maximum atomic E-state index is 12.2. The minimum atomic E-state index is -0.0911. The Morgan fingerprint density at radius 3 is 2.85 bits per heavy atom. The molecule has 1 aromatic heterocycles. The highest BCUT2D eigenvalue weighted by Crippen LogP contribution is 2.31. The van der Waals surface area contributed by atoms with Crippen LogP contribution >= 0.6 is 11.3 Å². The van der Waals surface area contributed by atoms with Crippen molar-refractivity contribution < 1.29 is 4.79 Å². The average Bonchev–Trinajstić information content (AvgIpc) is 2.93. The van der Waals surface area contributed by atoms with E-state index in [-0.39, 0.29) is 11.9 Å². The molecule has 0 bridgehead atoms. The third-order valence-electron chi connectivity index (χ3n) is 4.05. The van der Waals surface area contributed by atoms with Gasteiger partial charge in [0.05, 0.1) is 0 Å². The fraction of sp³-hybridized carbons (Fsp3) is 0.692. The number of amides is 1. The van der Waals surface area contributed by atoms with Crippen molar-refractivity contribution in [3.05, 3.63) is 4.88 Å². The van der Waals surface area contributed by atoms with Crippen LogP contribution in [0.2, 0.25) is 0 Å². The summed E-state index contributed by atoms with van der Waals surface area (Å²) in [6, 6.07) is 0.483. The topological polar surface area (TPSA) is 97.3 Å². The molecule has 0 spiro atoms. The number of thiazole rings is 1. The fourth-order valence-electron chi connectivity index (χ4n) is 2.85. The summed E-state index contributed by atoms with van der Waals surface area (Å²) < 4.78 is 0. The number of nitrogens with one attached hydrogen (secondary N) is 1. The van der Waals surface area contributed by atoms with Crippen molar-refractivity contribution in [2.75, 3.05) is 23.7 Å². The van der Waals surface area contributed by atoms with Crippen molar-refractivity contribution in [1.82, 2.24) is 10.3 Å². The van der Waals surface area contributed by atoms with Crippen LogP contribution in [0.15, 0.2) is 0 Å². The Hall–Kier alpha value is -1.34. The Kier molecular flexibility index (Phi) is 3.55. The zero-order valence-corrected chi connectivity index (χ0v) is 12.4. The van der Waals surface area contributed by atoms with E-state index in [9.17, 15) is 4.79 Å². The predicted octanol–water partition coefficient (Wildman–Crippen LogP) is 0.791. The van der Waals surface area contributed by atoms with Crippen LogP contribution in [0.5, 0.6) is 0 Å². The van der Waals surface area contributed by atoms with Crippen LogP contribution in [0.4, 0.5) is 10.9 Å². The largest absolute Gasteiger partial charge is 0.382 e. The van der Waals surface area contributed by atoms with Crippen LogP contribution in [-0.4, -0.2) is 36.1 Å². The molecule has 5 N–H and O–H groups in total. The van der Waals surface area contributed by atoms with E-state index in [1.165, 1.54) is 11.3 Å². The number of hydrogen-bond acceptors (Lipinski definition) is 6. The number of nitrogens with two attached hydrogens (primary N) is 2. The second-order valence-corrected chi connectivity index (χ2v) is 6.93. The molecule has 1 atom stereocenters. The van der Waals surface area contributed by atoms with Gasteiger partial charge in [-0.2, -0.15) is 0 Å². The number of carbonyl (C=O) groups is 1. The molecule has 20 heavy (non-hydrogen) atoms. The van der Waals surface area contributed by atoms with Gasteiger partial charge < -0.3 is 21.7 Å². The van der Waals surface area contributed by atoms with Gasteiger partial charge in [-0.25, -0.2) is 4.98 Å². The number of rotatable bonds is 3. The summed E-state index contributed by atoms with van der Waals surface area (Å²) in [5.41, 5.74) is 11.8. The van der Waals surface area contributed by atoms with Gasteiger partial charge in [0.15, 0.2) is 5.13 Å². The maximum Gasteiger partial charge on any atom is 0.265 e. The molecule has 1 amide bonds. The van der Waals surface area contributed by atoms with Crippen LogP contribution in [-0.2, 0) is 0 Å². The third-order valence-corrected chi connectivity index (χ3v) is 5.18. The predicted molar refractivity (Wildman–Crippen MR) is 81.0 cm³/mol. The summed E-state index contributed by atoms with van der Waals surface area (Å²) in [6.07, 6.45) is 3.07. The molecule has 2 aliphatic rings. The number of aromatic nitrogens is 1. The van der Waals surface area contributed by atoms with E-state index < -0.39 is 0 Å². The first kappa shape index (κ1) is 13.6. The standard InChI is InChI=1S/C13H21N5OS/c1-7-4-9(5-7)16-12(19)10-11(15)17-13(20-10)18-3-2-8(14)6-18/h7-9H,2-6,14-15H2,1H3,(H,16,19). The van der Waals surface area contributed by atoms with Crippen molar-refractivity contribution in [2.24, 2.45) is 11.7 Å². The fourth-order valence-corrected chi connectivity index (χ4v) is 3.77. The molecule has 2 fully saturated rings. The zero-order valence-electron chi connectivity index (χ0n) is 11.6. The van der Waals surface area contributed by atoms with E-state index in [0.29, 0.717) is 22.7 Å². The summed E-state index contributed by atoms with van der Waals surface area (Å²) in [7, 11) is 0. The summed E-state index contributed by atoms with van der Waals surface area (Å²) in [4.78, 5) is 19.2. The minimum absolute atomic E-state index is 0.0911. The number of nitrogens with zero attached hydrogens (tertiary/aromatic N) is 2. The monoisotopic (exact) mass is 295 g/mol. The first-order chi connectivity index (χ1) is 9.52. The second-order valence-electron chi connectivity index (χ2n) is 5.95. The van der Waals surface area contributed by atoms with Crippen molar-refractivity contribution in [1.29, 1.82) is 0 Å². The van der Waals surface area contributed by atoms with Crippen LogP contribution in [0.1, 0.15) is 35.9 Å². The van der Waals surface area contributed by atoms with Gasteiger partial charge in [-0.05, 0) is 25.2 Å². The van der Waals surface area contributed by atoms with E-state index in [1.807, 2.05) is 0 Å². The van der Waals surface area contributed by atoms with Gasteiger partial charge in [-0.3, -0.25) is 4.79 Å². The number of hydrogen-bond donors (Lipinski definition) is 3. The minimum Gasteiger partial charge on any atom is -0.382 e. The average molecular weight is 295 g/mol. The molecule has 1 saturated carbocycles. The lowest BCUT2D eigenvalue weighted by molar-refractivity contribution is 0.0901. The van der Waals surface area contributed by atoms with Gasteiger partial charge in [-0.15, -0.1) is 0 Å². The molecular weight excluding hydrogens is 274 g/mol. The van der Waals surface area contributed by atoms with Gasteiger partial charge in [0.1, 0.15) is 10.7 Å². The molecule has 7 heteroatoms. The van der Waals surface area contributed by atoms with Crippen molar-refractivity contribution in [3.8, 4) is 0 Å². The summed E-state index contributed by atoms with van der Waals surface area (Å²) in [6.45, 7) is 3.86. The number of carbonyl (C=O) groups excluding carboxylic acids is 1. The molecule has 1 saturated heterocycles. The molecule has 0 radical (unpaired) electrons. The first-order valence-corrected chi connectivity index (χ1v) is 7.92. The van der Waals surface area contributed by atoms with E-state index in [0.717, 1.165) is 37.5 Å². The lowest BCUT2D eigenvalue weighted by Crippen LogP contribution is -2.43. The molecule has 6 nitrogen and oxygen atoms in total. The third kappa shape index (κ3) is 2.60. The summed E-state index contributed by atoms with van der Waals surface area (Å²) in [5, 5.41) is 3.83. The van der Waals surface area contributed by atoms with Crippen LogP contribution in [0.25, 0.3) is 0 Å². The molecule has 3 rings (SSSR count). The normalized spacial score (nSPS) is 29.3. The molecule has 1 unspecified atom stereocenters. The van der Waals surface area contributed by atoms with E-state index in [1.54, 1.807) is 0 Å². The van der Waals surface area contributed by atoms with Gasteiger partial charge in [0, 0.05) is 25.2 Å². The summed E-state index contributed by atoms with van der Waals surface area (Å²) >= 11 is 1.37. The lowest BCUT2D eigenvalue weighted by Gasteiger charge is -2.33. The highest BCUT2D eigenvalue weighted by Gasteiger charge is 2.29. The number of nitrogen functional groups attached to an aromatic ring is 1. The van der Waals surface area contributed by atoms with E-state index >= 15 is 0 Å². The smallest absolute Gasteiger partial charge is 0.265 e. The quantitative estimate of drug-likeness (QED) is 0.766. The van der Waals surface area contributed by atoms with Gasteiger partial charge >= 0.3 is 0 Å². The Bertz CT molecular complexity index is 511. The van der Waals surface area contributed by atoms with Gasteiger partial charge in [-0.1, -0.05) is 18.3 Å².